The molecule has 3 atom stereocenters. The molecular formula is C33H47N3O11. The van der Waals surface area contributed by atoms with E-state index in [0.29, 0.717) is 31.8 Å². The zero-order valence-electron chi connectivity index (χ0n) is 27.4. The van der Waals surface area contributed by atoms with Crippen LogP contribution < -0.4 is 14.4 Å². The largest absolute Gasteiger partial charge is 0.497 e. The highest BCUT2D eigenvalue weighted by atomic mass is 17.1. The molecule has 14 heteroatoms. The minimum atomic E-state index is -0.878. The van der Waals surface area contributed by atoms with Crippen LogP contribution in [-0.4, -0.2) is 112 Å². The Kier molecular flexibility index (Phi) is 14.3. The molecular weight excluding hydrogens is 614 g/mol. The van der Waals surface area contributed by atoms with Crippen molar-refractivity contribution in [3.63, 3.8) is 0 Å². The van der Waals surface area contributed by atoms with Crippen molar-refractivity contribution in [3.05, 3.63) is 53.6 Å². The minimum absolute atomic E-state index is 0.0267. The smallest absolute Gasteiger partial charge is 0.410 e. The van der Waals surface area contributed by atoms with Crippen molar-refractivity contribution in [1.82, 2.24) is 10.3 Å². The van der Waals surface area contributed by atoms with Gasteiger partial charge < -0.3 is 33.3 Å². The molecule has 14 nitrogen and oxygen atoms in total. The van der Waals surface area contributed by atoms with Gasteiger partial charge in [0.05, 0.1) is 63.8 Å². The Morgan fingerprint density at radius 3 is 2.51 bits per heavy atom. The molecule has 2 heterocycles. The van der Waals surface area contributed by atoms with E-state index in [-0.39, 0.29) is 50.7 Å². The van der Waals surface area contributed by atoms with Crippen LogP contribution >= 0.6 is 0 Å². The number of amides is 1. The second-order valence-electron chi connectivity index (χ2n) is 11.3. The van der Waals surface area contributed by atoms with Gasteiger partial charge in [-0.25, -0.2) is 9.59 Å². The number of hydrogen-bond donors (Lipinski definition) is 2. The third-order valence-electron chi connectivity index (χ3n) is 8.21. The van der Waals surface area contributed by atoms with E-state index in [9.17, 15) is 9.59 Å². The van der Waals surface area contributed by atoms with Gasteiger partial charge in [-0.2, -0.15) is 0 Å². The molecule has 1 saturated heterocycles. The molecule has 0 radical (unpaired) electrons. The lowest BCUT2D eigenvalue weighted by atomic mass is 9.83. The maximum absolute atomic E-state index is 13.4. The molecule has 0 aromatic heterocycles. The van der Waals surface area contributed by atoms with Crippen LogP contribution in [0.4, 0.5) is 10.5 Å². The zero-order valence-corrected chi connectivity index (χ0v) is 27.4. The molecule has 2 aromatic rings. The van der Waals surface area contributed by atoms with Crippen LogP contribution in [0, 0.1) is 0 Å². The van der Waals surface area contributed by atoms with Crippen LogP contribution in [0.5, 0.6) is 11.5 Å². The summed E-state index contributed by atoms with van der Waals surface area (Å²) in [5, 5.41) is 17.0. The van der Waals surface area contributed by atoms with Crippen LogP contribution in [0.15, 0.2) is 42.5 Å². The van der Waals surface area contributed by atoms with Gasteiger partial charge in [-0.1, -0.05) is 18.2 Å². The van der Waals surface area contributed by atoms with Crippen molar-refractivity contribution in [3.8, 4) is 11.5 Å². The normalized spacial score (nSPS) is 19.2. The second-order valence-corrected chi connectivity index (χ2v) is 11.3. The fourth-order valence-electron chi connectivity index (χ4n) is 5.84. The molecule has 3 unspecified atom stereocenters. The van der Waals surface area contributed by atoms with Gasteiger partial charge in [0.25, 0.3) is 0 Å². The number of hydrogen-bond acceptors (Lipinski definition) is 13. The summed E-state index contributed by atoms with van der Waals surface area (Å²) in [6.45, 7) is 5.27. The fraction of sp³-hybridized carbons (Fsp3) is 0.576. The van der Waals surface area contributed by atoms with E-state index in [1.54, 1.807) is 21.1 Å². The predicted molar refractivity (Wildman–Crippen MR) is 169 cm³/mol. The van der Waals surface area contributed by atoms with Crippen LogP contribution in [-0.2, 0) is 35.2 Å². The first-order valence-corrected chi connectivity index (χ1v) is 16.0. The average Bonchev–Trinajstić information content (AvgIpc) is 3.08. The molecule has 1 fully saturated rings. The SMILES string of the molecule is CCOC(=O)C1CC(c2ccc(OC)cc2)C(OCc2ccc3c(c2)N(CCCOC)CCO3)CN1C(=O)OCCCCON(O)O. The molecule has 0 spiro atoms. The highest BCUT2D eigenvalue weighted by Crippen LogP contribution is 2.37. The first kappa shape index (κ1) is 36.2. The van der Waals surface area contributed by atoms with Crippen LogP contribution in [0.1, 0.15) is 49.7 Å². The van der Waals surface area contributed by atoms with Gasteiger partial charge in [-0.15, -0.1) is 0 Å². The molecule has 2 aliphatic heterocycles. The molecule has 0 saturated carbocycles. The number of anilines is 1. The predicted octanol–water partition coefficient (Wildman–Crippen LogP) is 4.17. The molecule has 47 heavy (non-hydrogen) atoms. The first-order valence-electron chi connectivity index (χ1n) is 16.0. The Bertz CT molecular complexity index is 1260. The van der Waals surface area contributed by atoms with E-state index in [1.807, 2.05) is 36.4 Å². The number of ether oxygens (including phenoxy) is 6. The summed E-state index contributed by atoms with van der Waals surface area (Å²) in [6, 6.07) is 12.8. The number of unbranched alkanes of at least 4 members (excludes halogenated alkanes) is 1. The topological polar surface area (TPSA) is 149 Å². The summed E-state index contributed by atoms with van der Waals surface area (Å²) in [5.41, 5.74) is 2.91. The number of methoxy groups -OCH3 is 2. The summed E-state index contributed by atoms with van der Waals surface area (Å²) in [7, 11) is 3.30. The first-order chi connectivity index (χ1) is 22.8. The van der Waals surface area contributed by atoms with E-state index in [1.165, 1.54) is 4.90 Å². The maximum atomic E-state index is 13.4. The highest BCUT2D eigenvalue weighted by molar-refractivity contribution is 5.82. The molecule has 2 aliphatic rings. The van der Waals surface area contributed by atoms with Crippen molar-refractivity contribution >= 4 is 17.7 Å². The van der Waals surface area contributed by atoms with Crippen molar-refractivity contribution in [2.24, 2.45) is 0 Å². The molecule has 0 bridgehead atoms. The van der Waals surface area contributed by atoms with E-state index in [2.05, 4.69) is 15.8 Å². The standard InChI is InChI=1S/C33H47N3O11/c1-4-43-32(37)29-21-27(25-9-11-26(42-3)12-10-25)31(22-35(29)33(38)45-17-5-6-18-47-36(39)40)46-23-24-8-13-30-28(20-24)34(15-19-44-30)14-7-16-41-2/h8-13,20,27,29,31,39-40H,4-7,14-19,21-23H2,1-3H3. The number of carbonyl (C=O) groups is 2. The van der Waals surface area contributed by atoms with Gasteiger partial charge in [-0.3, -0.25) is 20.2 Å². The quantitative estimate of drug-likeness (QED) is 0.142. The number of piperidine rings is 1. The average molecular weight is 662 g/mol. The lowest BCUT2D eigenvalue weighted by molar-refractivity contribution is -0.492. The zero-order chi connectivity index (χ0) is 33.6. The van der Waals surface area contributed by atoms with Gasteiger partial charge >= 0.3 is 12.1 Å². The third kappa shape index (κ3) is 10.4. The van der Waals surface area contributed by atoms with Crippen LogP contribution in [0.3, 0.4) is 0 Å². The van der Waals surface area contributed by atoms with E-state index in [4.69, 9.17) is 38.8 Å². The molecule has 4 rings (SSSR count). The maximum Gasteiger partial charge on any atom is 0.410 e. The number of benzene rings is 2. The number of esters is 1. The number of fused-ring (bicyclic) bond motifs is 1. The summed E-state index contributed by atoms with van der Waals surface area (Å²) >= 11 is 0. The molecule has 0 aliphatic carbocycles. The van der Waals surface area contributed by atoms with Crippen molar-refractivity contribution in [2.45, 2.75) is 57.3 Å². The Balaban J connectivity index is 1.52. The fourth-order valence-corrected chi connectivity index (χ4v) is 5.84. The van der Waals surface area contributed by atoms with Gasteiger partial charge in [0, 0.05) is 26.2 Å². The molecule has 2 N–H and O–H groups in total. The monoisotopic (exact) mass is 661 g/mol. The summed E-state index contributed by atoms with van der Waals surface area (Å²) in [4.78, 5) is 34.8. The Morgan fingerprint density at radius 1 is 1.00 bits per heavy atom. The summed E-state index contributed by atoms with van der Waals surface area (Å²) < 4.78 is 34.0. The van der Waals surface area contributed by atoms with E-state index < -0.39 is 24.2 Å². The van der Waals surface area contributed by atoms with Gasteiger partial charge in [0.1, 0.15) is 24.1 Å². The minimum Gasteiger partial charge on any atom is -0.497 e. The third-order valence-corrected chi connectivity index (χ3v) is 8.21. The van der Waals surface area contributed by atoms with Gasteiger partial charge in [0.2, 0.25) is 0 Å². The summed E-state index contributed by atoms with van der Waals surface area (Å²) in [6.07, 6.45) is 0.860. The van der Waals surface area contributed by atoms with Crippen molar-refractivity contribution in [1.29, 1.82) is 0 Å². The Labute approximate surface area is 275 Å². The number of likely N-dealkylation sites (tertiary alicyclic amines) is 1. The lowest BCUT2D eigenvalue weighted by Gasteiger charge is -2.42. The lowest BCUT2D eigenvalue weighted by Crippen LogP contribution is -2.56. The summed E-state index contributed by atoms with van der Waals surface area (Å²) in [5.74, 6) is 0.789. The van der Waals surface area contributed by atoms with Gasteiger partial charge in [-0.05, 0) is 68.0 Å². The molecule has 1 amide bonds. The molecule has 2 aromatic carbocycles. The van der Waals surface area contributed by atoms with Crippen molar-refractivity contribution < 1.29 is 53.3 Å². The van der Waals surface area contributed by atoms with Crippen LogP contribution in [0.2, 0.25) is 0 Å². The van der Waals surface area contributed by atoms with Crippen molar-refractivity contribution in [2.75, 3.05) is 71.8 Å². The van der Waals surface area contributed by atoms with Crippen LogP contribution in [0.25, 0.3) is 0 Å². The number of carbonyl (C=O) groups excluding carboxylic acids is 2. The van der Waals surface area contributed by atoms with E-state index >= 15 is 0 Å². The Hall–Kier alpha value is -3.66. The molecule has 260 valence electrons. The second kappa shape index (κ2) is 18.6. The van der Waals surface area contributed by atoms with Gasteiger partial charge in [0.15, 0.2) is 0 Å². The highest BCUT2D eigenvalue weighted by Gasteiger charge is 2.44. The number of nitrogens with zero attached hydrogens (tertiary/aromatic N) is 3. The Morgan fingerprint density at radius 2 is 1.79 bits per heavy atom. The number of rotatable bonds is 17. The van der Waals surface area contributed by atoms with E-state index in [0.717, 1.165) is 42.1 Å².